The molecule has 9 heteroatoms. The van der Waals surface area contributed by atoms with E-state index in [0.717, 1.165) is 29.9 Å². The number of halogens is 1. The molecule has 2 N–H and O–H groups in total. The maximum atomic E-state index is 13.5. The Kier molecular flexibility index (Phi) is 7.12. The Morgan fingerprint density at radius 3 is 2.38 bits per heavy atom. The number of benzene rings is 3. The molecule has 4 aromatic rings. The van der Waals surface area contributed by atoms with Gasteiger partial charge in [0.2, 0.25) is 0 Å². The van der Waals surface area contributed by atoms with Crippen LogP contribution in [0.25, 0.3) is 16.6 Å². The number of nitrogens with zero attached hydrogens (tertiary/aromatic N) is 2. The zero-order valence-corrected chi connectivity index (χ0v) is 23.3. The third-order valence-corrected chi connectivity index (χ3v) is 9.23. The Labute approximate surface area is 238 Å². The summed E-state index contributed by atoms with van der Waals surface area (Å²) in [4.78, 5) is 13.7. The van der Waals surface area contributed by atoms with E-state index in [1.54, 1.807) is 48.7 Å². The van der Waals surface area contributed by atoms with Crippen molar-refractivity contribution in [1.82, 2.24) is 19.5 Å². The topological polar surface area (TPSA) is 83.4 Å². The van der Waals surface area contributed by atoms with Gasteiger partial charge in [-0.1, -0.05) is 48.0 Å². The number of fused-ring (bicyclic) bond motifs is 1. The second-order valence-corrected chi connectivity index (χ2v) is 12.3. The van der Waals surface area contributed by atoms with Crippen LogP contribution in [-0.2, 0) is 16.6 Å². The van der Waals surface area contributed by atoms with Gasteiger partial charge in [0.05, 0.1) is 16.2 Å². The predicted molar refractivity (Wildman–Crippen MR) is 159 cm³/mol. The summed E-state index contributed by atoms with van der Waals surface area (Å²) in [5.74, 6) is 0.913. The number of para-hydroxylation sites is 1. The number of allylic oxidation sites excluding steroid dienone is 1. The van der Waals surface area contributed by atoms with Crippen molar-refractivity contribution in [1.29, 1.82) is 0 Å². The first kappa shape index (κ1) is 26.2. The van der Waals surface area contributed by atoms with Gasteiger partial charge in [-0.05, 0) is 73.4 Å². The highest BCUT2D eigenvalue weighted by Gasteiger charge is 2.26. The highest BCUT2D eigenvalue weighted by Crippen LogP contribution is 2.30. The molecule has 7 nitrogen and oxygen atoms in total. The number of rotatable bonds is 8. The largest absolute Gasteiger partial charge is 0.368 e. The molecule has 1 aromatic heterocycles. The van der Waals surface area contributed by atoms with Crippen LogP contribution in [0.4, 0.5) is 0 Å². The third kappa shape index (κ3) is 5.37. The highest BCUT2D eigenvalue weighted by atomic mass is 35.5. The van der Waals surface area contributed by atoms with E-state index in [1.807, 2.05) is 53.2 Å². The van der Waals surface area contributed by atoms with Crippen LogP contribution in [0.15, 0.2) is 118 Å². The minimum absolute atomic E-state index is 0.0301. The lowest BCUT2D eigenvalue weighted by Gasteiger charge is -2.29. The van der Waals surface area contributed by atoms with Gasteiger partial charge >= 0.3 is 0 Å². The predicted octanol–water partition coefficient (Wildman–Crippen LogP) is 5.31. The molecule has 0 saturated heterocycles. The van der Waals surface area contributed by atoms with Crippen LogP contribution in [0.3, 0.4) is 0 Å². The number of hydrogen-bond donors (Lipinski definition) is 2. The second kappa shape index (κ2) is 10.9. The van der Waals surface area contributed by atoms with Crippen molar-refractivity contribution in [2.45, 2.75) is 36.7 Å². The molecule has 2 aliphatic rings. The molecule has 2 heterocycles. The zero-order valence-electron chi connectivity index (χ0n) is 21.8. The van der Waals surface area contributed by atoms with Gasteiger partial charge in [0.15, 0.2) is 5.43 Å². The van der Waals surface area contributed by atoms with E-state index >= 15 is 0 Å². The number of sulfonamides is 1. The van der Waals surface area contributed by atoms with Crippen molar-refractivity contribution in [3.8, 4) is 5.69 Å². The number of hydrogen-bond acceptors (Lipinski definition) is 5. The molecule has 3 aromatic carbocycles. The van der Waals surface area contributed by atoms with Crippen LogP contribution in [0, 0.1) is 0 Å². The van der Waals surface area contributed by atoms with E-state index in [1.165, 1.54) is 9.88 Å². The van der Waals surface area contributed by atoms with Crippen LogP contribution < -0.4 is 16.1 Å². The number of nitrogens with one attached hydrogen (secondary N) is 2. The van der Waals surface area contributed by atoms with E-state index in [0.29, 0.717) is 35.5 Å². The summed E-state index contributed by atoms with van der Waals surface area (Å²) in [6.07, 6.45) is 8.02. The normalized spacial score (nSPS) is 16.7. The average Bonchev–Trinajstić information content (AvgIpc) is 3.83. The van der Waals surface area contributed by atoms with E-state index < -0.39 is 10.0 Å². The summed E-state index contributed by atoms with van der Waals surface area (Å²) in [5.41, 5.74) is 3.57. The molecule has 40 heavy (non-hydrogen) atoms. The first-order valence-corrected chi connectivity index (χ1v) is 15.1. The van der Waals surface area contributed by atoms with Crippen molar-refractivity contribution in [3.05, 3.63) is 130 Å². The molecular weight excluding hydrogens is 544 g/mol. The fourth-order valence-corrected chi connectivity index (χ4v) is 6.44. The van der Waals surface area contributed by atoms with Gasteiger partial charge in [0.1, 0.15) is 0 Å². The average molecular weight is 573 g/mol. The zero-order chi connectivity index (χ0) is 27.7. The molecular formula is C31H29ClN4O3S. The summed E-state index contributed by atoms with van der Waals surface area (Å²) in [6.45, 7) is 0.726. The van der Waals surface area contributed by atoms with Crippen molar-refractivity contribution >= 4 is 32.5 Å². The molecule has 0 bridgehead atoms. The van der Waals surface area contributed by atoms with Gasteiger partial charge < -0.3 is 15.2 Å². The Morgan fingerprint density at radius 2 is 1.70 bits per heavy atom. The molecule has 1 atom stereocenters. The first-order chi connectivity index (χ1) is 19.4. The first-order valence-electron chi connectivity index (χ1n) is 13.3. The Balaban J connectivity index is 1.21. The standard InChI is InChI=1S/C31H29ClN4O3S/c32-24-13-14-28-29(19-24)36(26-7-3-1-4-8-26)21-23(30(28)37)20-33-31(22-11-12-22)34-25-15-17-35(18-16-25)40(38,39)27-9-5-2-6-10-27/h1-10,13-15,17,19,21,25,33-34H,11-12,16,18,20H2. The van der Waals surface area contributed by atoms with Crippen molar-refractivity contribution in [2.75, 3.05) is 6.54 Å². The smallest absolute Gasteiger partial charge is 0.263 e. The maximum absolute atomic E-state index is 13.5. The minimum Gasteiger partial charge on any atom is -0.368 e. The highest BCUT2D eigenvalue weighted by molar-refractivity contribution is 7.89. The molecule has 0 amide bonds. The fourth-order valence-electron chi connectivity index (χ4n) is 4.93. The van der Waals surface area contributed by atoms with Crippen LogP contribution in [-0.4, -0.2) is 29.9 Å². The molecule has 1 aliphatic carbocycles. The molecule has 204 valence electrons. The number of pyridine rings is 1. The SMILES string of the molecule is O=c1c(CNC(NC2C=CN(S(=O)(=O)c3ccccc3)CC2)=C2CC2)cn(-c2ccccc2)c2cc(Cl)ccc12. The monoisotopic (exact) mass is 572 g/mol. The van der Waals surface area contributed by atoms with Crippen LogP contribution in [0.2, 0.25) is 5.02 Å². The van der Waals surface area contributed by atoms with Gasteiger partial charge in [-0.25, -0.2) is 8.42 Å². The Bertz CT molecular complexity index is 1780. The minimum atomic E-state index is -3.57. The van der Waals surface area contributed by atoms with Gasteiger partial charge in [-0.2, -0.15) is 0 Å². The van der Waals surface area contributed by atoms with Crippen LogP contribution in [0.5, 0.6) is 0 Å². The summed E-state index contributed by atoms with van der Waals surface area (Å²) in [6, 6.07) is 23.7. The van der Waals surface area contributed by atoms with Gasteiger partial charge in [0.25, 0.3) is 10.0 Å². The number of aromatic nitrogens is 1. The fraction of sp³-hybridized carbons (Fsp3) is 0.194. The summed E-state index contributed by atoms with van der Waals surface area (Å²) < 4.78 is 29.3. The summed E-state index contributed by atoms with van der Waals surface area (Å²) in [5, 5.41) is 8.20. The summed E-state index contributed by atoms with van der Waals surface area (Å²) >= 11 is 6.29. The molecule has 1 aliphatic heterocycles. The van der Waals surface area contributed by atoms with E-state index in [9.17, 15) is 13.2 Å². The summed E-state index contributed by atoms with van der Waals surface area (Å²) in [7, 11) is -3.57. The van der Waals surface area contributed by atoms with Gasteiger partial charge in [-0.15, -0.1) is 0 Å². The molecule has 0 radical (unpaired) electrons. The Hall–Kier alpha value is -4.01. The molecule has 1 saturated carbocycles. The molecule has 1 unspecified atom stereocenters. The van der Waals surface area contributed by atoms with Crippen molar-refractivity contribution in [2.24, 2.45) is 0 Å². The van der Waals surface area contributed by atoms with Crippen molar-refractivity contribution < 1.29 is 8.42 Å². The molecule has 0 spiro atoms. The lowest BCUT2D eigenvalue weighted by Crippen LogP contribution is -2.40. The third-order valence-electron chi connectivity index (χ3n) is 7.21. The van der Waals surface area contributed by atoms with Crippen LogP contribution >= 0.6 is 11.6 Å². The van der Waals surface area contributed by atoms with E-state index in [2.05, 4.69) is 10.6 Å². The van der Waals surface area contributed by atoms with E-state index in [4.69, 9.17) is 11.6 Å². The maximum Gasteiger partial charge on any atom is 0.263 e. The lowest BCUT2D eigenvalue weighted by atomic mass is 10.1. The Morgan fingerprint density at radius 1 is 0.975 bits per heavy atom. The lowest BCUT2D eigenvalue weighted by molar-refractivity contribution is 0.438. The van der Waals surface area contributed by atoms with Gasteiger partial charge in [0, 0.05) is 53.2 Å². The van der Waals surface area contributed by atoms with Crippen molar-refractivity contribution in [3.63, 3.8) is 0 Å². The quantitative estimate of drug-likeness (QED) is 0.299. The van der Waals surface area contributed by atoms with Crippen LogP contribution in [0.1, 0.15) is 24.8 Å². The molecule has 6 rings (SSSR count). The van der Waals surface area contributed by atoms with Gasteiger partial charge in [-0.3, -0.25) is 9.10 Å². The molecule has 1 fully saturated rings. The second-order valence-electron chi connectivity index (χ2n) is 9.99. The van der Waals surface area contributed by atoms with E-state index in [-0.39, 0.29) is 16.4 Å².